The number of aryl methyl sites for hydroxylation is 1. The van der Waals surface area contributed by atoms with Crippen molar-refractivity contribution in [3.8, 4) is 0 Å². The second kappa shape index (κ2) is 6.26. The highest BCUT2D eigenvalue weighted by Gasteiger charge is 2.09. The first-order chi connectivity index (χ1) is 10.0. The number of nitrogens with one attached hydrogen (secondary N) is 1. The zero-order valence-electron chi connectivity index (χ0n) is 11.9. The topological polar surface area (TPSA) is 64.3 Å². The molecule has 2 rings (SSSR count). The molecule has 0 radical (unpaired) electrons. The molecule has 2 aromatic rings. The summed E-state index contributed by atoms with van der Waals surface area (Å²) in [5.74, 6) is -0.709. The van der Waals surface area contributed by atoms with Gasteiger partial charge in [0.2, 0.25) is 0 Å². The molecule has 2 aromatic carbocycles. The normalized spacial score (nSPS) is 10.2. The Labute approximate surface area is 122 Å². The fourth-order valence-electron chi connectivity index (χ4n) is 1.84. The summed E-state index contributed by atoms with van der Waals surface area (Å²) >= 11 is 0. The summed E-state index contributed by atoms with van der Waals surface area (Å²) in [5, 5.41) is 3.02. The number of nitrogens with two attached hydrogens (primary N) is 1. The molecular formula is C16H17FN2O2. The van der Waals surface area contributed by atoms with Crippen molar-refractivity contribution >= 4 is 23.0 Å². The Bertz CT molecular complexity index is 671. The molecule has 0 aromatic heterocycles. The molecule has 5 heteroatoms. The van der Waals surface area contributed by atoms with Gasteiger partial charge in [-0.15, -0.1) is 0 Å². The van der Waals surface area contributed by atoms with Gasteiger partial charge in [0, 0.05) is 5.69 Å². The van der Waals surface area contributed by atoms with Crippen molar-refractivity contribution in [2.24, 2.45) is 0 Å². The first-order valence-electron chi connectivity index (χ1n) is 6.61. The van der Waals surface area contributed by atoms with E-state index in [4.69, 9.17) is 10.5 Å². The number of anilines is 3. The largest absolute Gasteiger partial charge is 0.462 e. The SMILES string of the molecule is CCOC(=O)c1ccc(Nc2ccc(C)c(F)c2)c(N)c1. The number of esters is 1. The first-order valence-corrected chi connectivity index (χ1v) is 6.61. The van der Waals surface area contributed by atoms with Crippen LogP contribution in [0.15, 0.2) is 36.4 Å². The quantitative estimate of drug-likeness (QED) is 0.666. The monoisotopic (exact) mass is 288 g/mol. The smallest absolute Gasteiger partial charge is 0.338 e. The molecule has 0 aliphatic carbocycles. The molecule has 0 atom stereocenters. The Morgan fingerprint density at radius 3 is 2.67 bits per heavy atom. The fraction of sp³-hybridized carbons (Fsp3) is 0.188. The van der Waals surface area contributed by atoms with Crippen molar-refractivity contribution in [2.45, 2.75) is 13.8 Å². The molecule has 0 heterocycles. The summed E-state index contributed by atoms with van der Waals surface area (Å²) in [4.78, 5) is 11.6. The van der Waals surface area contributed by atoms with Crippen LogP contribution in [-0.2, 0) is 4.74 Å². The molecule has 0 bridgehead atoms. The van der Waals surface area contributed by atoms with Crippen LogP contribution in [0.3, 0.4) is 0 Å². The van der Waals surface area contributed by atoms with E-state index >= 15 is 0 Å². The Morgan fingerprint density at radius 1 is 1.29 bits per heavy atom. The molecule has 0 spiro atoms. The van der Waals surface area contributed by atoms with Gasteiger partial charge >= 0.3 is 5.97 Å². The van der Waals surface area contributed by atoms with Gasteiger partial charge in [-0.1, -0.05) is 6.07 Å². The van der Waals surface area contributed by atoms with Crippen LogP contribution in [0.5, 0.6) is 0 Å². The lowest BCUT2D eigenvalue weighted by molar-refractivity contribution is 0.0526. The maximum Gasteiger partial charge on any atom is 0.338 e. The van der Waals surface area contributed by atoms with E-state index in [1.165, 1.54) is 12.1 Å². The van der Waals surface area contributed by atoms with Crippen molar-refractivity contribution in [1.29, 1.82) is 0 Å². The first kappa shape index (κ1) is 14.8. The minimum Gasteiger partial charge on any atom is -0.462 e. The van der Waals surface area contributed by atoms with Crippen LogP contribution in [0.2, 0.25) is 0 Å². The molecule has 3 N–H and O–H groups in total. The van der Waals surface area contributed by atoms with Crippen LogP contribution in [0, 0.1) is 12.7 Å². The molecule has 0 aliphatic rings. The molecule has 0 amide bonds. The van der Waals surface area contributed by atoms with Gasteiger partial charge in [-0.3, -0.25) is 0 Å². The number of rotatable bonds is 4. The third-order valence-electron chi connectivity index (χ3n) is 3.01. The summed E-state index contributed by atoms with van der Waals surface area (Å²) in [7, 11) is 0. The van der Waals surface area contributed by atoms with Gasteiger partial charge in [0.25, 0.3) is 0 Å². The van der Waals surface area contributed by atoms with Gasteiger partial charge in [-0.2, -0.15) is 0 Å². The Hall–Kier alpha value is -2.56. The maximum atomic E-state index is 13.5. The molecule has 21 heavy (non-hydrogen) atoms. The minimum absolute atomic E-state index is 0.290. The zero-order chi connectivity index (χ0) is 15.4. The summed E-state index contributed by atoms with van der Waals surface area (Å²) in [6, 6.07) is 9.65. The third-order valence-corrected chi connectivity index (χ3v) is 3.01. The van der Waals surface area contributed by atoms with Gasteiger partial charge in [-0.05, 0) is 49.7 Å². The summed E-state index contributed by atoms with van der Waals surface area (Å²) in [6.45, 7) is 3.74. The minimum atomic E-state index is -0.419. The van der Waals surface area contributed by atoms with Gasteiger partial charge in [-0.25, -0.2) is 9.18 Å². The van der Waals surface area contributed by atoms with Gasteiger partial charge in [0.15, 0.2) is 0 Å². The summed E-state index contributed by atoms with van der Waals surface area (Å²) < 4.78 is 18.4. The summed E-state index contributed by atoms with van der Waals surface area (Å²) in [5.41, 5.74) is 8.45. The third kappa shape index (κ3) is 3.51. The van der Waals surface area contributed by atoms with Crippen LogP contribution in [0.1, 0.15) is 22.8 Å². The van der Waals surface area contributed by atoms with E-state index in [0.717, 1.165) is 0 Å². The lowest BCUT2D eigenvalue weighted by Gasteiger charge is -2.11. The molecular weight excluding hydrogens is 271 g/mol. The highest BCUT2D eigenvalue weighted by Crippen LogP contribution is 2.25. The number of benzene rings is 2. The number of hydrogen-bond acceptors (Lipinski definition) is 4. The maximum absolute atomic E-state index is 13.5. The highest BCUT2D eigenvalue weighted by molar-refractivity contribution is 5.92. The van der Waals surface area contributed by atoms with Crippen LogP contribution in [0.4, 0.5) is 21.5 Å². The van der Waals surface area contributed by atoms with E-state index in [2.05, 4.69) is 5.32 Å². The molecule has 0 fully saturated rings. The Balaban J connectivity index is 2.21. The van der Waals surface area contributed by atoms with Gasteiger partial charge in [0.1, 0.15) is 5.82 Å². The number of ether oxygens (including phenoxy) is 1. The van der Waals surface area contributed by atoms with E-state index in [0.29, 0.717) is 34.8 Å². The van der Waals surface area contributed by atoms with E-state index in [1.807, 2.05) is 0 Å². The molecule has 0 aliphatic heterocycles. The van der Waals surface area contributed by atoms with Gasteiger partial charge < -0.3 is 15.8 Å². The Morgan fingerprint density at radius 2 is 2.05 bits per heavy atom. The number of hydrogen-bond donors (Lipinski definition) is 2. The number of carbonyl (C=O) groups is 1. The van der Waals surface area contributed by atoms with Crippen molar-refractivity contribution in [3.05, 3.63) is 53.3 Å². The van der Waals surface area contributed by atoms with Crippen LogP contribution in [0.25, 0.3) is 0 Å². The van der Waals surface area contributed by atoms with Crippen molar-refractivity contribution in [1.82, 2.24) is 0 Å². The van der Waals surface area contributed by atoms with Crippen LogP contribution >= 0.6 is 0 Å². The Kier molecular flexibility index (Phi) is 4.42. The summed E-state index contributed by atoms with van der Waals surface area (Å²) in [6.07, 6.45) is 0. The number of nitrogen functional groups attached to an aromatic ring is 1. The molecule has 110 valence electrons. The molecule has 0 saturated carbocycles. The van der Waals surface area contributed by atoms with E-state index < -0.39 is 5.97 Å². The van der Waals surface area contributed by atoms with E-state index in [-0.39, 0.29) is 5.82 Å². The van der Waals surface area contributed by atoms with Crippen molar-refractivity contribution in [2.75, 3.05) is 17.7 Å². The number of halogens is 1. The number of carbonyl (C=O) groups excluding carboxylic acids is 1. The fourth-order valence-corrected chi connectivity index (χ4v) is 1.84. The average Bonchev–Trinajstić information content (AvgIpc) is 2.45. The molecule has 0 unspecified atom stereocenters. The zero-order valence-corrected chi connectivity index (χ0v) is 11.9. The second-order valence-corrected chi connectivity index (χ2v) is 4.61. The van der Waals surface area contributed by atoms with E-state index in [9.17, 15) is 9.18 Å². The van der Waals surface area contributed by atoms with Crippen molar-refractivity contribution < 1.29 is 13.9 Å². The van der Waals surface area contributed by atoms with E-state index in [1.54, 1.807) is 38.1 Å². The predicted molar refractivity (Wildman–Crippen MR) is 81.2 cm³/mol. The highest BCUT2D eigenvalue weighted by atomic mass is 19.1. The molecule has 0 saturated heterocycles. The van der Waals surface area contributed by atoms with Crippen LogP contribution < -0.4 is 11.1 Å². The molecule has 4 nitrogen and oxygen atoms in total. The van der Waals surface area contributed by atoms with Gasteiger partial charge in [0.05, 0.1) is 23.5 Å². The lowest BCUT2D eigenvalue weighted by atomic mass is 10.1. The standard InChI is InChI=1S/C16H17FN2O2/c1-3-21-16(20)11-5-7-15(14(18)8-11)19-12-6-4-10(2)13(17)9-12/h4-9,19H,3,18H2,1-2H3. The lowest BCUT2D eigenvalue weighted by Crippen LogP contribution is -2.06. The predicted octanol–water partition coefficient (Wildman–Crippen LogP) is 3.64. The van der Waals surface area contributed by atoms with Crippen molar-refractivity contribution in [3.63, 3.8) is 0 Å². The van der Waals surface area contributed by atoms with Crippen LogP contribution in [-0.4, -0.2) is 12.6 Å². The second-order valence-electron chi connectivity index (χ2n) is 4.61. The average molecular weight is 288 g/mol.